The van der Waals surface area contributed by atoms with Crippen molar-refractivity contribution >= 4 is 11.9 Å². The zero-order valence-corrected chi connectivity index (χ0v) is 16.0. The molecule has 2 fully saturated rings. The van der Waals surface area contributed by atoms with E-state index >= 15 is 0 Å². The molecule has 1 aromatic heterocycles. The van der Waals surface area contributed by atoms with Crippen LogP contribution in [-0.2, 0) is 16.1 Å². The van der Waals surface area contributed by atoms with Crippen molar-refractivity contribution in [1.82, 2.24) is 15.1 Å². The third-order valence-electron chi connectivity index (χ3n) is 5.50. The molecule has 1 amide bonds. The number of ether oxygens (including phenoxy) is 1. The molecule has 1 aromatic rings. The SMILES string of the molecule is CCOC(=O)[C@@H](CC1CCCCC1)NC(=O)c1cc(C2CC2)nn1CC. The fourth-order valence-electron chi connectivity index (χ4n) is 3.88. The fraction of sp³-hybridized carbons (Fsp3) is 0.750. The number of nitrogens with one attached hydrogen (secondary N) is 1. The van der Waals surface area contributed by atoms with E-state index in [1.165, 1.54) is 19.3 Å². The largest absolute Gasteiger partial charge is 0.464 e. The quantitative estimate of drug-likeness (QED) is 0.720. The highest BCUT2D eigenvalue weighted by Crippen LogP contribution is 2.39. The van der Waals surface area contributed by atoms with Gasteiger partial charge in [0, 0.05) is 12.5 Å². The van der Waals surface area contributed by atoms with Crippen molar-refractivity contribution in [2.24, 2.45) is 5.92 Å². The van der Waals surface area contributed by atoms with E-state index in [4.69, 9.17) is 4.74 Å². The van der Waals surface area contributed by atoms with Gasteiger partial charge in [0.15, 0.2) is 0 Å². The van der Waals surface area contributed by atoms with E-state index in [1.54, 1.807) is 11.6 Å². The summed E-state index contributed by atoms with van der Waals surface area (Å²) < 4.78 is 6.96. The molecule has 2 saturated carbocycles. The van der Waals surface area contributed by atoms with Crippen LogP contribution in [0.15, 0.2) is 6.07 Å². The Hall–Kier alpha value is -1.85. The molecule has 0 unspecified atom stereocenters. The molecule has 0 saturated heterocycles. The molecular formula is C20H31N3O3. The Morgan fingerprint density at radius 1 is 1.23 bits per heavy atom. The van der Waals surface area contributed by atoms with E-state index < -0.39 is 6.04 Å². The highest BCUT2D eigenvalue weighted by Gasteiger charge is 2.31. The van der Waals surface area contributed by atoms with Crippen molar-refractivity contribution in [3.8, 4) is 0 Å². The summed E-state index contributed by atoms with van der Waals surface area (Å²) in [5, 5.41) is 7.49. The second kappa shape index (κ2) is 8.69. The van der Waals surface area contributed by atoms with Crippen LogP contribution in [-0.4, -0.2) is 34.3 Å². The minimum absolute atomic E-state index is 0.222. The number of amides is 1. The van der Waals surface area contributed by atoms with Gasteiger partial charge in [0.05, 0.1) is 12.3 Å². The number of hydrogen-bond donors (Lipinski definition) is 1. The minimum atomic E-state index is -0.574. The fourth-order valence-corrected chi connectivity index (χ4v) is 3.88. The number of carbonyl (C=O) groups is 2. The maximum Gasteiger partial charge on any atom is 0.328 e. The number of aromatic nitrogens is 2. The van der Waals surface area contributed by atoms with Crippen LogP contribution >= 0.6 is 0 Å². The lowest BCUT2D eigenvalue weighted by molar-refractivity contribution is -0.146. The van der Waals surface area contributed by atoms with Gasteiger partial charge >= 0.3 is 5.97 Å². The molecule has 2 aliphatic carbocycles. The minimum Gasteiger partial charge on any atom is -0.464 e. The average Bonchev–Trinajstić information content (AvgIpc) is 3.41. The molecule has 1 heterocycles. The van der Waals surface area contributed by atoms with E-state index in [0.29, 0.717) is 37.1 Å². The third-order valence-corrected chi connectivity index (χ3v) is 5.50. The molecule has 0 spiro atoms. The predicted molar refractivity (Wildman–Crippen MR) is 99.0 cm³/mol. The average molecular weight is 361 g/mol. The van der Waals surface area contributed by atoms with E-state index in [1.807, 2.05) is 13.0 Å². The smallest absolute Gasteiger partial charge is 0.328 e. The van der Waals surface area contributed by atoms with Crippen LogP contribution in [0.25, 0.3) is 0 Å². The monoisotopic (exact) mass is 361 g/mol. The van der Waals surface area contributed by atoms with E-state index in [2.05, 4.69) is 10.4 Å². The highest BCUT2D eigenvalue weighted by atomic mass is 16.5. The zero-order chi connectivity index (χ0) is 18.5. The lowest BCUT2D eigenvalue weighted by Crippen LogP contribution is -2.44. The molecule has 0 radical (unpaired) electrons. The number of nitrogens with zero attached hydrogens (tertiary/aromatic N) is 2. The van der Waals surface area contributed by atoms with Gasteiger partial charge in [-0.2, -0.15) is 5.10 Å². The number of hydrogen-bond acceptors (Lipinski definition) is 4. The van der Waals surface area contributed by atoms with Crippen LogP contribution in [0, 0.1) is 5.92 Å². The first-order valence-corrected chi connectivity index (χ1v) is 10.2. The predicted octanol–water partition coefficient (Wildman–Crippen LogP) is 3.41. The van der Waals surface area contributed by atoms with Gasteiger partial charge in [0.1, 0.15) is 11.7 Å². The van der Waals surface area contributed by atoms with E-state index in [-0.39, 0.29) is 11.9 Å². The standard InChI is InChI=1S/C20H31N3O3/c1-3-23-18(13-16(22-23)15-10-11-15)19(24)21-17(20(25)26-4-2)12-14-8-6-5-7-9-14/h13-15,17H,3-12H2,1-2H3,(H,21,24)/t17-/m1/s1. The molecular weight excluding hydrogens is 330 g/mol. The summed E-state index contributed by atoms with van der Waals surface area (Å²) in [6.45, 7) is 4.74. The second-order valence-corrected chi connectivity index (χ2v) is 7.56. The Kier molecular flexibility index (Phi) is 6.33. The molecule has 0 aromatic carbocycles. The Labute approximate surface area is 155 Å². The third kappa shape index (κ3) is 4.65. The molecule has 6 heteroatoms. The number of carbonyl (C=O) groups excluding carboxylic acids is 2. The van der Waals surface area contributed by atoms with Crippen molar-refractivity contribution in [3.05, 3.63) is 17.5 Å². The highest BCUT2D eigenvalue weighted by molar-refractivity contribution is 5.95. The summed E-state index contributed by atoms with van der Waals surface area (Å²) in [7, 11) is 0. The first-order chi connectivity index (χ1) is 12.6. The van der Waals surface area contributed by atoms with Gasteiger partial charge in [-0.1, -0.05) is 32.1 Å². The molecule has 1 N–H and O–H groups in total. The summed E-state index contributed by atoms with van der Waals surface area (Å²) >= 11 is 0. The normalized spacial score (nSPS) is 19.2. The maximum atomic E-state index is 12.9. The lowest BCUT2D eigenvalue weighted by Gasteiger charge is -2.26. The van der Waals surface area contributed by atoms with Crippen molar-refractivity contribution in [3.63, 3.8) is 0 Å². The summed E-state index contributed by atoms with van der Waals surface area (Å²) in [6, 6.07) is 1.31. The van der Waals surface area contributed by atoms with Gasteiger partial charge in [-0.05, 0) is 45.1 Å². The number of aryl methyl sites for hydroxylation is 1. The molecule has 0 bridgehead atoms. The van der Waals surface area contributed by atoms with Gasteiger partial charge < -0.3 is 10.1 Å². The van der Waals surface area contributed by atoms with E-state index in [0.717, 1.165) is 31.4 Å². The zero-order valence-electron chi connectivity index (χ0n) is 16.0. The van der Waals surface area contributed by atoms with Crippen molar-refractivity contribution in [2.45, 2.75) is 83.7 Å². The Bertz CT molecular complexity index is 630. The Morgan fingerprint density at radius 3 is 2.58 bits per heavy atom. The van der Waals surface area contributed by atoms with Gasteiger partial charge in [0.25, 0.3) is 5.91 Å². The van der Waals surface area contributed by atoms with Gasteiger partial charge in [-0.15, -0.1) is 0 Å². The van der Waals surface area contributed by atoms with Crippen LogP contribution in [0.2, 0.25) is 0 Å². The van der Waals surface area contributed by atoms with Crippen molar-refractivity contribution in [1.29, 1.82) is 0 Å². The van der Waals surface area contributed by atoms with Crippen LogP contribution in [0.1, 0.15) is 87.3 Å². The number of esters is 1. The summed E-state index contributed by atoms with van der Waals surface area (Å²) in [4.78, 5) is 25.3. The van der Waals surface area contributed by atoms with Crippen LogP contribution < -0.4 is 5.32 Å². The van der Waals surface area contributed by atoms with Crippen LogP contribution in [0.4, 0.5) is 0 Å². The van der Waals surface area contributed by atoms with Crippen LogP contribution in [0.3, 0.4) is 0 Å². The molecule has 1 atom stereocenters. The summed E-state index contributed by atoms with van der Waals surface area (Å²) in [5.74, 6) is 0.436. The maximum absolute atomic E-state index is 12.9. The summed E-state index contributed by atoms with van der Waals surface area (Å²) in [5.41, 5.74) is 1.55. The molecule has 144 valence electrons. The second-order valence-electron chi connectivity index (χ2n) is 7.56. The van der Waals surface area contributed by atoms with Crippen molar-refractivity contribution < 1.29 is 14.3 Å². The first-order valence-electron chi connectivity index (χ1n) is 10.2. The molecule has 2 aliphatic rings. The van der Waals surface area contributed by atoms with Gasteiger partial charge in [-0.3, -0.25) is 9.48 Å². The molecule has 6 nitrogen and oxygen atoms in total. The molecule has 3 rings (SSSR count). The first kappa shape index (κ1) is 18.9. The summed E-state index contributed by atoms with van der Waals surface area (Å²) in [6.07, 6.45) is 8.91. The van der Waals surface area contributed by atoms with Crippen molar-refractivity contribution in [2.75, 3.05) is 6.61 Å². The van der Waals surface area contributed by atoms with Gasteiger partial charge in [-0.25, -0.2) is 4.79 Å². The van der Waals surface area contributed by atoms with E-state index in [9.17, 15) is 9.59 Å². The number of rotatable bonds is 8. The molecule has 26 heavy (non-hydrogen) atoms. The lowest BCUT2D eigenvalue weighted by atomic mass is 9.85. The Morgan fingerprint density at radius 2 is 1.96 bits per heavy atom. The van der Waals surface area contributed by atoms with Gasteiger partial charge in [0.2, 0.25) is 0 Å². The van der Waals surface area contributed by atoms with Crippen LogP contribution in [0.5, 0.6) is 0 Å². The molecule has 0 aliphatic heterocycles. The topological polar surface area (TPSA) is 73.2 Å². The Balaban J connectivity index is 1.70.